The first-order chi connectivity index (χ1) is 13.7. The van der Waals surface area contributed by atoms with E-state index in [4.69, 9.17) is 0 Å². The van der Waals surface area contributed by atoms with Crippen LogP contribution in [0.2, 0.25) is 0 Å². The van der Waals surface area contributed by atoms with E-state index < -0.39 is 0 Å². The van der Waals surface area contributed by atoms with E-state index in [1.165, 1.54) is 0 Å². The van der Waals surface area contributed by atoms with Gasteiger partial charge in [-0.3, -0.25) is 0 Å². The molecule has 0 spiro atoms. The molecule has 2 aromatic heterocycles. The first kappa shape index (κ1) is 17.6. The number of aromatic nitrogens is 4. The van der Waals surface area contributed by atoms with Crippen LogP contribution in [0, 0.1) is 11.8 Å². The summed E-state index contributed by atoms with van der Waals surface area (Å²) in [6.45, 7) is 6.69. The van der Waals surface area contributed by atoms with Crippen LogP contribution in [-0.4, -0.2) is 33.0 Å². The lowest BCUT2D eigenvalue weighted by Gasteiger charge is -2.06. The zero-order chi connectivity index (χ0) is 19.1. The fraction of sp³-hybridized carbons (Fsp3) is 0.455. The molecule has 0 saturated carbocycles. The lowest BCUT2D eigenvalue weighted by Crippen LogP contribution is -2.14. The number of hydrogen-bond acceptors (Lipinski definition) is 4. The lowest BCUT2D eigenvalue weighted by molar-refractivity contribution is 0.588. The summed E-state index contributed by atoms with van der Waals surface area (Å²) in [4.78, 5) is 16.2. The van der Waals surface area contributed by atoms with Gasteiger partial charge in [0, 0.05) is 0 Å². The molecule has 6 heteroatoms. The van der Waals surface area contributed by atoms with Gasteiger partial charge in [0.15, 0.2) is 0 Å². The van der Waals surface area contributed by atoms with E-state index in [1.54, 1.807) is 0 Å². The molecule has 4 heterocycles. The lowest BCUT2D eigenvalue weighted by atomic mass is 10.1. The maximum absolute atomic E-state index is 4.60. The van der Waals surface area contributed by atoms with Crippen molar-refractivity contribution in [1.82, 2.24) is 30.6 Å². The van der Waals surface area contributed by atoms with Crippen LogP contribution < -0.4 is 10.6 Å². The number of benzene rings is 1. The van der Waals surface area contributed by atoms with Gasteiger partial charge in [0.2, 0.25) is 0 Å². The highest BCUT2D eigenvalue weighted by Crippen LogP contribution is 2.29. The van der Waals surface area contributed by atoms with Crippen LogP contribution in [0.3, 0.4) is 0 Å². The molecule has 146 valence electrons. The van der Waals surface area contributed by atoms with Gasteiger partial charge in [0.05, 0.1) is 35.9 Å². The summed E-state index contributed by atoms with van der Waals surface area (Å²) in [7, 11) is 0. The van der Waals surface area contributed by atoms with Gasteiger partial charge >= 0.3 is 0 Å². The van der Waals surface area contributed by atoms with Crippen molar-refractivity contribution in [3.8, 4) is 22.5 Å². The van der Waals surface area contributed by atoms with E-state index in [0.717, 1.165) is 60.1 Å². The van der Waals surface area contributed by atoms with Gasteiger partial charge in [-0.15, -0.1) is 0 Å². The summed E-state index contributed by atoms with van der Waals surface area (Å²) < 4.78 is 0. The predicted octanol–water partition coefficient (Wildman–Crippen LogP) is 3.81. The van der Waals surface area contributed by atoms with Crippen LogP contribution in [0.4, 0.5) is 0 Å². The van der Waals surface area contributed by atoms with Crippen molar-refractivity contribution in [2.24, 2.45) is 11.8 Å². The highest BCUT2D eigenvalue weighted by Gasteiger charge is 2.25. The summed E-state index contributed by atoms with van der Waals surface area (Å²) in [5.74, 6) is 3.50. The Bertz CT molecular complexity index is 863. The summed E-state index contributed by atoms with van der Waals surface area (Å²) in [5, 5.41) is 7.07. The first-order valence-corrected chi connectivity index (χ1v) is 10.3. The monoisotopic (exact) mass is 376 g/mol. The van der Waals surface area contributed by atoms with Gasteiger partial charge < -0.3 is 20.6 Å². The van der Waals surface area contributed by atoms with E-state index in [1.807, 2.05) is 12.4 Å². The predicted molar refractivity (Wildman–Crippen MR) is 111 cm³/mol. The zero-order valence-electron chi connectivity index (χ0n) is 16.5. The Morgan fingerprint density at radius 3 is 1.50 bits per heavy atom. The summed E-state index contributed by atoms with van der Waals surface area (Å²) in [5.41, 5.74) is 4.44. The van der Waals surface area contributed by atoms with Gasteiger partial charge in [-0.2, -0.15) is 0 Å². The number of H-pyrrole nitrogens is 2. The number of imidazole rings is 2. The van der Waals surface area contributed by atoms with Gasteiger partial charge in [-0.05, 0) is 48.9 Å². The maximum atomic E-state index is 4.60. The summed E-state index contributed by atoms with van der Waals surface area (Å²) >= 11 is 0. The van der Waals surface area contributed by atoms with Crippen molar-refractivity contribution < 1.29 is 0 Å². The Kier molecular flexibility index (Phi) is 4.53. The fourth-order valence-corrected chi connectivity index (χ4v) is 4.39. The third-order valence-corrected chi connectivity index (χ3v) is 6.06. The molecule has 2 saturated heterocycles. The normalized spacial score (nSPS) is 27.5. The molecule has 0 aliphatic carbocycles. The Labute approximate surface area is 165 Å². The quantitative estimate of drug-likeness (QED) is 0.558. The minimum Gasteiger partial charge on any atom is -0.341 e. The average molecular weight is 377 g/mol. The molecule has 0 unspecified atom stereocenters. The number of nitrogens with one attached hydrogen (secondary N) is 4. The van der Waals surface area contributed by atoms with Crippen LogP contribution in [0.15, 0.2) is 36.7 Å². The second kappa shape index (κ2) is 7.18. The van der Waals surface area contributed by atoms with Crippen molar-refractivity contribution >= 4 is 0 Å². The molecule has 2 aliphatic rings. The molecule has 2 aliphatic heterocycles. The van der Waals surface area contributed by atoms with E-state index >= 15 is 0 Å². The number of rotatable bonds is 4. The molecule has 6 nitrogen and oxygen atoms in total. The van der Waals surface area contributed by atoms with E-state index in [-0.39, 0.29) is 0 Å². The van der Waals surface area contributed by atoms with Crippen LogP contribution >= 0.6 is 0 Å². The molecular formula is C22H28N6. The number of hydrogen-bond donors (Lipinski definition) is 4. The highest BCUT2D eigenvalue weighted by molar-refractivity contribution is 5.66. The molecule has 0 amide bonds. The summed E-state index contributed by atoms with van der Waals surface area (Å²) in [6, 6.07) is 9.28. The molecule has 0 bridgehead atoms. The fourth-order valence-electron chi connectivity index (χ4n) is 4.39. The van der Waals surface area contributed by atoms with Crippen molar-refractivity contribution in [1.29, 1.82) is 0 Å². The second-order valence-corrected chi connectivity index (χ2v) is 8.54. The van der Waals surface area contributed by atoms with Crippen molar-refractivity contribution in [3.05, 3.63) is 48.3 Å². The van der Waals surface area contributed by atoms with Crippen LogP contribution in [-0.2, 0) is 0 Å². The van der Waals surface area contributed by atoms with Crippen LogP contribution in [0.1, 0.15) is 50.4 Å². The van der Waals surface area contributed by atoms with Crippen molar-refractivity contribution in [2.45, 2.75) is 38.8 Å². The minimum absolute atomic E-state index is 0.346. The Hall–Kier alpha value is -2.44. The number of nitrogens with zero attached hydrogens (tertiary/aromatic N) is 2. The summed E-state index contributed by atoms with van der Waals surface area (Å²) in [6.07, 6.45) is 6.16. The largest absolute Gasteiger partial charge is 0.341 e. The molecular weight excluding hydrogens is 348 g/mol. The highest BCUT2D eigenvalue weighted by atomic mass is 15.1. The smallest absolute Gasteiger partial charge is 0.123 e. The topological polar surface area (TPSA) is 81.4 Å². The maximum Gasteiger partial charge on any atom is 0.123 e. The van der Waals surface area contributed by atoms with Crippen LogP contribution in [0.25, 0.3) is 22.5 Å². The Balaban J connectivity index is 1.31. The third kappa shape index (κ3) is 3.38. The minimum atomic E-state index is 0.346. The van der Waals surface area contributed by atoms with Gasteiger partial charge in [-0.25, -0.2) is 9.97 Å². The Morgan fingerprint density at radius 1 is 0.714 bits per heavy atom. The van der Waals surface area contributed by atoms with E-state index in [2.05, 4.69) is 68.7 Å². The van der Waals surface area contributed by atoms with Gasteiger partial charge in [0.1, 0.15) is 11.6 Å². The Morgan fingerprint density at radius 2 is 1.14 bits per heavy atom. The molecule has 1 aromatic carbocycles. The SMILES string of the molecule is C[C@@H]1CN[C@H](c2ncc(-c3ccc(-c4cnc([C@@H]5C[C@@H](C)CN5)[nH]4)cc3)[nH]2)C1. The molecule has 3 aromatic rings. The van der Waals surface area contributed by atoms with E-state index in [9.17, 15) is 0 Å². The van der Waals surface area contributed by atoms with Crippen molar-refractivity contribution in [3.63, 3.8) is 0 Å². The molecule has 4 atom stereocenters. The van der Waals surface area contributed by atoms with Crippen molar-refractivity contribution in [2.75, 3.05) is 13.1 Å². The molecule has 2 fully saturated rings. The van der Waals surface area contributed by atoms with E-state index in [0.29, 0.717) is 23.9 Å². The standard InChI is InChI=1S/C22H28N6/c1-13-7-17(23-9-13)21-25-11-19(27-21)15-3-5-16(6-4-15)20-12-26-22(28-20)18-8-14(2)10-24-18/h3-6,11-14,17-18,23-24H,7-10H2,1-2H3,(H,25,27)(H,26,28)/t13-,14+,17-,18-/m0/s1. The van der Waals surface area contributed by atoms with Crippen LogP contribution in [0.5, 0.6) is 0 Å². The molecule has 0 radical (unpaired) electrons. The second-order valence-electron chi connectivity index (χ2n) is 8.54. The van der Waals surface area contributed by atoms with Gasteiger partial charge in [-0.1, -0.05) is 38.1 Å². The molecule has 5 rings (SSSR count). The third-order valence-electron chi connectivity index (χ3n) is 6.06. The zero-order valence-corrected chi connectivity index (χ0v) is 16.5. The average Bonchev–Trinajstić information content (AvgIpc) is 3.48. The number of aromatic amines is 2. The molecule has 4 N–H and O–H groups in total. The molecule has 28 heavy (non-hydrogen) atoms. The first-order valence-electron chi connectivity index (χ1n) is 10.3. The van der Waals surface area contributed by atoms with Gasteiger partial charge in [0.25, 0.3) is 0 Å².